The number of fused-ring (bicyclic) bond motifs is 1. The highest BCUT2D eigenvalue weighted by Crippen LogP contribution is 2.33. The Morgan fingerprint density at radius 1 is 1.33 bits per heavy atom. The smallest absolute Gasteiger partial charge is 0.254 e. The lowest BCUT2D eigenvalue weighted by atomic mass is 10.1. The van der Waals surface area contributed by atoms with E-state index in [9.17, 15) is 9.59 Å². The zero-order valence-electron chi connectivity index (χ0n) is 14.0. The summed E-state index contributed by atoms with van der Waals surface area (Å²) in [6.45, 7) is 4.79. The predicted molar refractivity (Wildman–Crippen MR) is 87.9 cm³/mol. The van der Waals surface area contributed by atoms with Crippen LogP contribution in [0.15, 0.2) is 18.2 Å². The molecule has 24 heavy (non-hydrogen) atoms. The normalized spacial score (nSPS) is 19.5. The van der Waals surface area contributed by atoms with Gasteiger partial charge >= 0.3 is 0 Å². The highest BCUT2D eigenvalue weighted by molar-refractivity contribution is 5.98. The maximum atomic E-state index is 12.8. The largest absolute Gasteiger partial charge is 0.454 e. The van der Waals surface area contributed by atoms with E-state index >= 15 is 0 Å². The highest BCUT2D eigenvalue weighted by Gasteiger charge is 2.35. The highest BCUT2D eigenvalue weighted by atomic mass is 16.7. The molecular formula is C17H23N3O4. The summed E-state index contributed by atoms with van der Waals surface area (Å²) in [6.07, 6.45) is 1.47. The lowest BCUT2D eigenvalue weighted by molar-refractivity contribution is -0.125. The molecule has 0 aliphatic carbocycles. The molecule has 1 fully saturated rings. The third-order valence-corrected chi connectivity index (χ3v) is 4.15. The van der Waals surface area contributed by atoms with Gasteiger partial charge in [-0.3, -0.25) is 9.59 Å². The number of hydrogen-bond acceptors (Lipinski definition) is 5. The Morgan fingerprint density at radius 3 is 2.83 bits per heavy atom. The predicted octanol–water partition coefficient (Wildman–Crippen LogP) is 0.873. The van der Waals surface area contributed by atoms with Gasteiger partial charge in [-0.1, -0.05) is 0 Å². The topological polar surface area (TPSA) is 93.9 Å². The molecule has 0 aromatic heterocycles. The number of nitrogens with zero attached hydrogens (tertiary/aromatic N) is 1. The van der Waals surface area contributed by atoms with Gasteiger partial charge in [0, 0.05) is 24.2 Å². The Hall–Kier alpha value is -2.28. The number of carbonyl (C=O) groups is 2. The molecular weight excluding hydrogens is 310 g/mol. The van der Waals surface area contributed by atoms with Crippen molar-refractivity contribution in [1.29, 1.82) is 0 Å². The van der Waals surface area contributed by atoms with E-state index in [1.807, 2.05) is 13.8 Å². The summed E-state index contributed by atoms with van der Waals surface area (Å²) >= 11 is 0. The van der Waals surface area contributed by atoms with Crippen LogP contribution in [0.4, 0.5) is 0 Å². The Kier molecular flexibility index (Phi) is 4.36. The van der Waals surface area contributed by atoms with E-state index in [1.54, 1.807) is 23.1 Å². The lowest BCUT2D eigenvalue weighted by Crippen LogP contribution is -2.51. The molecule has 7 nitrogen and oxygen atoms in total. The second-order valence-electron chi connectivity index (χ2n) is 6.93. The Balaban J connectivity index is 1.70. The molecule has 2 aliphatic rings. The molecule has 1 aromatic carbocycles. The van der Waals surface area contributed by atoms with E-state index in [4.69, 9.17) is 15.2 Å². The third-order valence-electron chi connectivity index (χ3n) is 4.15. The number of ether oxygens (including phenoxy) is 2. The number of hydrogen-bond donors (Lipinski definition) is 2. The van der Waals surface area contributed by atoms with Crippen molar-refractivity contribution in [2.45, 2.75) is 38.3 Å². The molecule has 1 unspecified atom stereocenters. The van der Waals surface area contributed by atoms with Crippen LogP contribution in [-0.4, -0.2) is 48.2 Å². The molecule has 2 amide bonds. The van der Waals surface area contributed by atoms with Crippen LogP contribution in [0.5, 0.6) is 11.5 Å². The number of benzene rings is 1. The van der Waals surface area contributed by atoms with Crippen LogP contribution in [0, 0.1) is 0 Å². The summed E-state index contributed by atoms with van der Waals surface area (Å²) < 4.78 is 10.6. The first-order valence-corrected chi connectivity index (χ1v) is 8.12. The van der Waals surface area contributed by atoms with Crippen LogP contribution < -0.4 is 20.5 Å². The second-order valence-corrected chi connectivity index (χ2v) is 6.93. The molecule has 130 valence electrons. The van der Waals surface area contributed by atoms with Crippen LogP contribution in [0.2, 0.25) is 0 Å². The van der Waals surface area contributed by atoms with E-state index in [-0.39, 0.29) is 18.6 Å². The van der Waals surface area contributed by atoms with Crippen molar-refractivity contribution < 1.29 is 19.1 Å². The van der Waals surface area contributed by atoms with E-state index in [0.717, 1.165) is 6.42 Å². The lowest BCUT2D eigenvalue weighted by Gasteiger charge is -2.26. The first-order chi connectivity index (χ1) is 11.3. The average molecular weight is 333 g/mol. The third kappa shape index (κ3) is 3.46. The Bertz CT molecular complexity index is 654. The molecule has 1 saturated heterocycles. The van der Waals surface area contributed by atoms with Crippen molar-refractivity contribution in [3.05, 3.63) is 23.8 Å². The van der Waals surface area contributed by atoms with Crippen LogP contribution >= 0.6 is 0 Å². The fourth-order valence-electron chi connectivity index (χ4n) is 2.91. The van der Waals surface area contributed by atoms with Gasteiger partial charge in [0.25, 0.3) is 5.91 Å². The van der Waals surface area contributed by atoms with Crippen molar-refractivity contribution in [2.75, 3.05) is 19.9 Å². The summed E-state index contributed by atoms with van der Waals surface area (Å²) in [5.41, 5.74) is 5.91. The van der Waals surface area contributed by atoms with Gasteiger partial charge in [-0.15, -0.1) is 0 Å². The van der Waals surface area contributed by atoms with Crippen LogP contribution in [0.1, 0.15) is 37.0 Å². The van der Waals surface area contributed by atoms with Crippen molar-refractivity contribution >= 4 is 11.8 Å². The summed E-state index contributed by atoms with van der Waals surface area (Å²) in [5.74, 6) is 0.872. The van der Waals surface area contributed by atoms with Crippen LogP contribution in [-0.2, 0) is 4.79 Å². The summed E-state index contributed by atoms with van der Waals surface area (Å²) in [5, 5.41) is 2.84. The van der Waals surface area contributed by atoms with Gasteiger partial charge in [0.05, 0.1) is 0 Å². The second kappa shape index (κ2) is 6.32. The summed E-state index contributed by atoms with van der Waals surface area (Å²) in [4.78, 5) is 26.8. The number of rotatable bonds is 4. The van der Waals surface area contributed by atoms with Crippen LogP contribution in [0.3, 0.4) is 0 Å². The van der Waals surface area contributed by atoms with Crippen molar-refractivity contribution in [3.8, 4) is 11.5 Å². The fraction of sp³-hybridized carbons (Fsp3) is 0.529. The van der Waals surface area contributed by atoms with Crippen molar-refractivity contribution in [2.24, 2.45) is 5.73 Å². The van der Waals surface area contributed by atoms with Gasteiger partial charge in [-0.05, 0) is 44.9 Å². The molecule has 1 aromatic rings. The zero-order chi connectivity index (χ0) is 17.3. The monoisotopic (exact) mass is 333 g/mol. The molecule has 3 N–H and O–H groups in total. The SMILES string of the molecule is CC(C)(N)CNC(=O)C1CCCN1C(=O)c1ccc2c(c1)OCO2. The van der Waals surface area contributed by atoms with Gasteiger partial charge in [0.1, 0.15) is 6.04 Å². The number of amides is 2. The molecule has 2 heterocycles. The van der Waals surface area contributed by atoms with Crippen molar-refractivity contribution in [1.82, 2.24) is 10.2 Å². The summed E-state index contributed by atoms with van der Waals surface area (Å²) in [6, 6.07) is 4.63. The standard InChI is InChI=1S/C17H23N3O4/c1-17(2,18)9-19-15(21)12-4-3-7-20(12)16(22)11-5-6-13-14(8-11)24-10-23-13/h5-6,8,12H,3-4,7,9-10,18H2,1-2H3,(H,19,21). The maximum absolute atomic E-state index is 12.8. The minimum atomic E-state index is -0.486. The summed E-state index contributed by atoms with van der Waals surface area (Å²) in [7, 11) is 0. The number of likely N-dealkylation sites (tertiary alicyclic amines) is 1. The molecule has 1 atom stereocenters. The number of nitrogens with one attached hydrogen (secondary N) is 1. The molecule has 7 heteroatoms. The number of nitrogens with two attached hydrogens (primary N) is 1. The van der Waals surface area contributed by atoms with Gasteiger partial charge in [0.2, 0.25) is 12.7 Å². The van der Waals surface area contributed by atoms with Crippen molar-refractivity contribution in [3.63, 3.8) is 0 Å². The minimum absolute atomic E-state index is 0.153. The van der Waals surface area contributed by atoms with Gasteiger partial charge < -0.3 is 25.4 Å². The first kappa shape index (κ1) is 16.6. The Labute approximate surface area is 141 Å². The first-order valence-electron chi connectivity index (χ1n) is 8.12. The Morgan fingerprint density at radius 2 is 2.08 bits per heavy atom. The number of carbonyl (C=O) groups excluding carboxylic acids is 2. The molecule has 0 spiro atoms. The molecule has 0 bridgehead atoms. The maximum Gasteiger partial charge on any atom is 0.254 e. The van der Waals surface area contributed by atoms with E-state index < -0.39 is 11.6 Å². The van der Waals surface area contributed by atoms with E-state index in [2.05, 4.69) is 5.32 Å². The zero-order valence-corrected chi connectivity index (χ0v) is 14.0. The van der Waals surface area contributed by atoms with Gasteiger partial charge in [-0.2, -0.15) is 0 Å². The van der Waals surface area contributed by atoms with Crippen LogP contribution in [0.25, 0.3) is 0 Å². The van der Waals surface area contributed by atoms with Gasteiger partial charge in [-0.25, -0.2) is 0 Å². The molecule has 3 rings (SSSR count). The minimum Gasteiger partial charge on any atom is -0.454 e. The van der Waals surface area contributed by atoms with E-state index in [1.165, 1.54) is 0 Å². The van der Waals surface area contributed by atoms with Gasteiger partial charge in [0.15, 0.2) is 11.5 Å². The molecule has 2 aliphatic heterocycles. The molecule has 0 saturated carbocycles. The van der Waals surface area contributed by atoms with E-state index in [0.29, 0.717) is 36.6 Å². The average Bonchev–Trinajstić information content (AvgIpc) is 3.19. The fourth-order valence-corrected chi connectivity index (χ4v) is 2.91. The quantitative estimate of drug-likeness (QED) is 0.853. The molecule has 0 radical (unpaired) electrons.